The summed E-state index contributed by atoms with van der Waals surface area (Å²) < 4.78 is 5.42. The van der Waals surface area contributed by atoms with E-state index in [0.29, 0.717) is 12.8 Å². The molecule has 0 saturated carbocycles. The number of carbonyl (C=O) groups is 1. The van der Waals surface area contributed by atoms with Crippen molar-refractivity contribution in [3.63, 3.8) is 0 Å². The first kappa shape index (κ1) is 14.0. The molecular weight excluding hydrogens is 240 g/mol. The molecule has 1 saturated heterocycles. The average Bonchev–Trinajstić information content (AvgIpc) is 2.82. The predicted molar refractivity (Wildman–Crippen MR) is 74.6 cm³/mol. The van der Waals surface area contributed by atoms with E-state index in [4.69, 9.17) is 10.5 Å². The summed E-state index contributed by atoms with van der Waals surface area (Å²) in [6, 6.07) is 9.96. The Morgan fingerprint density at radius 2 is 2.21 bits per heavy atom. The molecule has 4 heteroatoms. The van der Waals surface area contributed by atoms with Gasteiger partial charge in [-0.15, -0.1) is 0 Å². The Hall–Kier alpha value is -1.39. The Morgan fingerprint density at radius 1 is 1.47 bits per heavy atom. The highest BCUT2D eigenvalue weighted by Crippen LogP contribution is 2.16. The van der Waals surface area contributed by atoms with Crippen LogP contribution in [0.3, 0.4) is 0 Å². The lowest BCUT2D eigenvalue weighted by atomic mass is 10.0. The second kappa shape index (κ2) is 6.68. The standard InChI is InChI=1S/C15H22N2O2/c1-11-14(9-10-19-11)17-15(18)8-7-13(16)12-5-3-2-4-6-12/h2-6,11,13-14H,7-10,16H2,1H3,(H,17,18). The summed E-state index contributed by atoms with van der Waals surface area (Å²) in [5.74, 6) is 0.0636. The van der Waals surface area contributed by atoms with Gasteiger partial charge in [-0.05, 0) is 25.3 Å². The van der Waals surface area contributed by atoms with E-state index in [1.54, 1.807) is 0 Å². The highest BCUT2D eigenvalue weighted by atomic mass is 16.5. The van der Waals surface area contributed by atoms with Gasteiger partial charge in [0.2, 0.25) is 5.91 Å². The number of hydrogen-bond acceptors (Lipinski definition) is 3. The zero-order valence-electron chi connectivity index (χ0n) is 11.3. The number of nitrogens with one attached hydrogen (secondary N) is 1. The average molecular weight is 262 g/mol. The molecule has 104 valence electrons. The minimum Gasteiger partial charge on any atom is -0.376 e. The second-order valence-electron chi connectivity index (χ2n) is 5.09. The van der Waals surface area contributed by atoms with Crippen LogP contribution in [0.2, 0.25) is 0 Å². The van der Waals surface area contributed by atoms with Gasteiger partial charge in [0.25, 0.3) is 0 Å². The molecule has 1 aliphatic heterocycles. The Labute approximate surface area is 114 Å². The molecule has 3 N–H and O–H groups in total. The molecule has 1 aliphatic rings. The van der Waals surface area contributed by atoms with Crippen molar-refractivity contribution in [2.45, 2.75) is 44.4 Å². The van der Waals surface area contributed by atoms with Gasteiger partial charge in [0.15, 0.2) is 0 Å². The third-order valence-corrected chi connectivity index (χ3v) is 3.63. The fourth-order valence-electron chi connectivity index (χ4n) is 2.35. The molecule has 1 aromatic carbocycles. The van der Waals surface area contributed by atoms with Crippen LogP contribution in [0.1, 0.15) is 37.8 Å². The summed E-state index contributed by atoms with van der Waals surface area (Å²) in [5, 5.41) is 3.02. The molecular formula is C15H22N2O2. The van der Waals surface area contributed by atoms with Gasteiger partial charge < -0.3 is 15.8 Å². The van der Waals surface area contributed by atoms with Gasteiger partial charge in [-0.3, -0.25) is 4.79 Å². The summed E-state index contributed by atoms with van der Waals surface area (Å²) in [7, 11) is 0. The fraction of sp³-hybridized carbons (Fsp3) is 0.533. The van der Waals surface area contributed by atoms with Gasteiger partial charge in [-0.2, -0.15) is 0 Å². The summed E-state index contributed by atoms with van der Waals surface area (Å²) in [5.41, 5.74) is 7.15. The van der Waals surface area contributed by atoms with Crippen molar-refractivity contribution in [3.8, 4) is 0 Å². The van der Waals surface area contributed by atoms with Crippen LogP contribution in [-0.2, 0) is 9.53 Å². The minimum atomic E-state index is -0.0794. The van der Waals surface area contributed by atoms with Gasteiger partial charge in [-0.1, -0.05) is 30.3 Å². The highest BCUT2D eigenvalue weighted by molar-refractivity contribution is 5.76. The number of hydrogen-bond donors (Lipinski definition) is 2. The first-order chi connectivity index (χ1) is 9.16. The molecule has 1 heterocycles. The first-order valence-electron chi connectivity index (χ1n) is 6.88. The van der Waals surface area contributed by atoms with E-state index >= 15 is 0 Å². The second-order valence-corrected chi connectivity index (χ2v) is 5.09. The molecule has 0 aliphatic carbocycles. The van der Waals surface area contributed by atoms with Crippen LogP contribution in [0, 0.1) is 0 Å². The van der Waals surface area contributed by atoms with E-state index < -0.39 is 0 Å². The van der Waals surface area contributed by atoms with Crippen molar-refractivity contribution in [2.75, 3.05) is 6.61 Å². The number of ether oxygens (including phenoxy) is 1. The molecule has 0 radical (unpaired) electrons. The fourth-order valence-corrected chi connectivity index (χ4v) is 2.35. The number of rotatable bonds is 5. The van der Waals surface area contributed by atoms with E-state index in [-0.39, 0.29) is 24.1 Å². The van der Waals surface area contributed by atoms with E-state index in [2.05, 4.69) is 5.32 Å². The topological polar surface area (TPSA) is 64.3 Å². The van der Waals surface area contributed by atoms with Gasteiger partial charge in [0, 0.05) is 19.1 Å². The molecule has 0 aromatic heterocycles. The van der Waals surface area contributed by atoms with Crippen molar-refractivity contribution in [3.05, 3.63) is 35.9 Å². The van der Waals surface area contributed by atoms with Gasteiger partial charge in [0.05, 0.1) is 12.1 Å². The van der Waals surface area contributed by atoms with E-state index in [1.807, 2.05) is 37.3 Å². The van der Waals surface area contributed by atoms with E-state index in [9.17, 15) is 4.79 Å². The maximum atomic E-state index is 11.9. The van der Waals surface area contributed by atoms with E-state index in [1.165, 1.54) is 0 Å². The SMILES string of the molecule is CC1OCCC1NC(=O)CCC(N)c1ccccc1. The molecule has 3 unspecified atom stereocenters. The molecule has 3 atom stereocenters. The lowest BCUT2D eigenvalue weighted by Crippen LogP contribution is -2.39. The zero-order chi connectivity index (χ0) is 13.7. The number of benzene rings is 1. The smallest absolute Gasteiger partial charge is 0.220 e. The number of nitrogens with two attached hydrogens (primary N) is 1. The van der Waals surface area contributed by atoms with Crippen molar-refractivity contribution >= 4 is 5.91 Å². The highest BCUT2D eigenvalue weighted by Gasteiger charge is 2.25. The summed E-state index contributed by atoms with van der Waals surface area (Å²) >= 11 is 0. The number of carbonyl (C=O) groups excluding carboxylic acids is 1. The third-order valence-electron chi connectivity index (χ3n) is 3.63. The zero-order valence-corrected chi connectivity index (χ0v) is 11.3. The summed E-state index contributed by atoms with van der Waals surface area (Å²) in [6.45, 7) is 2.73. The van der Waals surface area contributed by atoms with Crippen molar-refractivity contribution in [1.29, 1.82) is 0 Å². The van der Waals surface area contributed by atoms with Crippen molar-refractivity contribution < 1.29 is 9.53 Å². The van der Waals surface area contributed by atoms with Gasteiger partial charge in [0.1, 0.15) is 0 Å². The van der Waals surface area contributed by atoms with Crippen molar-refractivity contribution in [2.24, 2.45) is 5.73 Å². The largest absolute Gasteiger partial charge is 0.376 e. The van der Waals surface area contributed by atoms with Crippen LogP contribution in [0.15, 0.2) is 30.3 Å². The van der Waals surface area contributed by atoms with Crippen LogP contribution in [0.25, 0.3) is 0 Å². The molecule has 2 rings (SSSR count). The molecule has 1 fully saturated rings. The molecule has 1 amide bonds. The molecule has 1 aromatic rings. The summed E-state index contributed by atoms with van der Waals surface area (Å²) in [4.78, 5) is 11.9. The van der Waals surface area contributed by atoms with Crippen LogP contribution in [-0.4, -0.2) is 24.7 Å². The summed E-state index contributed by atoms with van der Waals surface area (Å²) in [6.07, 6.45) is 2.14. The molecule has 0 bridgehead atoms. The molecule has 4 nitrogen and oxygen atoms in total. The quantitative estimate of drug-likeness (QED) is 0.850. The Bertz CT molecular complexity index is 408. The first-order valence-corrected chi connectivity index (χ1v) is 6.88. The molecule has 19 heavy (non-hydrogen) atoms. The normalized spacial score (nSPS) is 24.1. The minimum absolute atomic E-state index is 0.0636. The third kappa shape index (κ3) is 4.04. The maximum Gasteiger partial charge on any atom is 0.220 e. The van der Waals surface area contributed by atoms with Crippen LogP contribution < -0.4 is 11.1 Å². The Morgan fingerprint density at radius 3 is 2.84 bits per heavy atom. The van der Waals surface area contributed by atoms with Crippen LogP contribution in [0.4, 0.5) is 0 Å². The monoisotopic (exact) mass is 262 g/mol. The Kier molecular flexibility index (Phi) is 4.93. The van der Waals surface area contributed by atoms with Crippen LogP contribution in [0.5, 0.6) is 0 Å². The Balaban J connectivity index is 1.74. The van der Waals surface area contributed by atoms with Crippen LogP contribution >= 0.6 is 0 Å². The van der Waals surface area contributed by atoms with Crippen molar-refractivity contribution in [1.82, 2.24) is 5.32 Å². The predicted octanol–water partition coefficient (Wildman–Crippen LogP) is 1.76. The van der Waals surface area contributed by atoms with Gasteiger partial charge in [-0.25, -0.2) is 0 Å². The van der Waals surface area contributed by atoms with Gasteiger partial charge >= 0.3 is 0 Å². The van der Waals surface area contributed by atoms with E-state index in [0.717, 1.165) is 18.6 Å². The lowest BCUT2D eigenvalue weighted by Gasteiger charge is -2.17. The number of amides is 1. The molecule has 0 spiro atoms. The maximum absolute atomic E-state index is 11.9. The lowest BCUT2D eigenvalue weighted by molar-refractivity contribution is -0.122.